The number of amides is 1. The molecule has 0 unspecified atom stereocenters. The van der Waals surface area contributed by atoms with Crippen molar-refractivity contribution in [2.45, 2.75) is 34.6 Å². The van der Waals surface area contributed by atoms with Gasteiger partial charge in [-0.2, -0.15) is 15.2 Å². The normalized spacial score (nSPS) is 14.8. The molecule has 0 saturated heterocycles. The third-order valence-electron chi connectivity index (χ3n) is 6.00. The quantitative estimate of drug-likeness (QED) is 0.408. The fourth-order valence-electron chi connectivity index (χ4n) is 3.86. The number of aryl methyl sites for hydroxylation is 2. The van der Waals surface area contributed by atoms with Gasteiger partial charge >= 0.3 is 11.9 Å². The van der Waals surface area contributed by atoms with Crippen LogP contribution in [0.4, 0.5) is 11.4 Å². The number of carboxylic acid groups (broad SMARTS) is 1. The highest BCUT2D eigenvalue weighted by Crippen LogP contribution is 2.34. The molecule has 184 valence electrons. The summed E-state index contributed by atoms with van der Waals surface area (Å²) >= 11 is 0. The highest BCUT2D eigenvalue weighted by atomic mass is 16.4. The number of nitrogens with zero attached hydrogens (tertiary/aromatic N) is 3. The van der Waals surface area contributed by atoms with Crippen molar-refractivity contribution in [3.8, 4) is 16.9 Å². The van der Waals surface area contributed by atoms with Gasteiger partial charge in [0, 0.05) is 11.0 Å². The summed E-state index contributed by atoms with van der Waals surface area (Å²) < 4.78 is 0. The zero-order valence-corrected chi connectivity index (χ0v) is 20.8. The van der Waals surface area contributed by atoms with E-state index in [1.165, 1.54) is 11.1 Å². The number of aromatic carboxylic acids is 1. The molecule has 1 aliphatic rings. The number of phenols is 1. The highest BCUT2D eigenvalue weighted by molar-refractivity contribution is 6.72. The van der Waals surface area contributed by atoms with Crippen molar-refractivity contribution in [3.63, 3.8) is 0 Å². The Bertz CT molecular complexity index is 1430. The lowest BCUT2D eigenvalue weighted by Crippen LogP contribution is -2.33. The minimum Gasteiger partial charge on any atom is -0.506 e. The second-order valence-electron chi connectivity index (χ2n) is 9.74. The second kappa shape index (κ2) is 9.30. The van der Waals surface area contributed by atoms with E-state index in [4.69, 9.17) is 0 Å². The molecule has 3 N–H and O–H groups in total. The topological polar surface area (TPSA) is 115 Å². The lowest BCUT2D eigenvalue weighted by molar-refractivity contribution is -0.112. The predicted octanol–water partition coefficient (Wildman–Crippen LogP) is 5.59. The fourth-order valence-corrected chi connectivity index (χ4v) is 3.86. The first-order valence-electron chi connectivity index (χ1n) is 11.5. The monoisotopic (exact) mass is 484 g/mol. The molecule has 4 rings (SSSR count). The SMILES string of the molecule is Cc1ccc(N2N=C(C(C)(C)C)C(=NNc3cccc(-c4cccc(C(=O)O)c4O)c3)C2=O)cc1C. The Morgan fingerprint density at radius 1 is 1.00 bits per heavy atom. The maximum atomic E-state index is 13.4. The van der Waals surface area contributed by atoms with E-state index in [1.54, 1.807) is 36.4 Å². The second-order valence-corrected chi connectivity index (χ2v) is 9.74. The average Bonchev–Trinajstić information content (AvgIpc) is 3.16. The molecule has 3 aromatic rings. The van der Waals surface area contributed by atoms with E-state index in [0.717, 1.165) is 11.1 Å². The van der Waals surface area contributed by atoms with Gasteiger partial charge in [0.15, 0.2) is 5.71 Å². The van der Waals surface area contributed by atoms with Crippen LogP contribution in [-0.2, 0) is 4.79 Å². The number of benzene rings is 3. The van der Waals surface area contributed by atoms with Crippen LogP contribution in [0.3, 0.4) is 0 Å². The zero-order chi connectivity index (χ0) is 26.2. The molecule has 0 saturated carbocycles. The van der Waals surface area contributed by atoms with Crippen molar-refractivity contribution >= 4 is 34.7 Å². The van der Waals surface area contributed by atoms with Gasteiger partial charge in [-0.05, 0) is 60.9 Å². The Balaban J connectivity index is 1.67. The molecular weight excluding hydrogens is 456 g/mol. The van der Waals surface area contributed by atoms with Crippen LogP contribution in [0.25, 0.3) is 11.1 Å². The van der Waals surface area contributed by atoms with Crippen LogP contribution in [0, 0.1) is 19.3 Å². The molecule has 0 spiro atoms. The van der Waals surface area contributed by atoms with E-state index >= 15 is 0 Å². The van der Waals surface area contributed by atoms with Crippen LogP contribution in [0.2, 0.25) is 0 Å². The third-order valence-corrected chi connectivity index (χ3v) is 6.00. The number of carbonyl (C=O) groups excluding carboxylic acids is 1. The van der Waals surface area contributed by atoms with Crippen LogP contribution in [0.1, 0.15) is 42.3 Å². The van der Waals surface area contributed by atoms with E-state index in [0.29, 0.717) is 28.2 Å². The van der Waals surface area contributed by atoms with Gasteiger partial charge in [-0.3, -0.25) is 10.2 Å². The maximum absolute atomic E-state index is 13.4. The van der Waals surface area contributed by atoms with Crippen LogP contribution in [-0.4, -0.2) is 33.5 Å². The van der Waals surface area contributed by atoms with Gasteiger partial charge in [-0.1, -0.05) is 51.1 Å². The Hall–Kier alpha value is -4.46. The van der Waals surface area contributed by atoms with Gasteiger partial charge in [0.1, 0.15) is 11.3 Å². The summed E-state index contributed by atoms with van der Waals surface area (Å²) in [6.07, 6.45) is 0. The Kier molecular flexibility index (Phi) is 6.37. The van der Waals surface area contributed by atoms with Gasteiger partial charge in [0.2, 0.25) is 0 Å². The van der Waals surface area contributed by atoms with Crippen molar-refractivity contribution in [1.29, 1.82) is 0 Å². The molecule has 36 heavy (non-hydrogen) atoms. The molecule has 3 aromatic carbocycles. The molecule has 8 nitrogen and oxygen atoms in total. The first-order chi connectivity index (χ1) is 17.0. The molecule has 0 aliphatic carbocycles. The summed E-state index contributed by atoms with van der Waals surface area (Å²) in [6.45, 7) is 9.91. The van der Waals surface area contributed by atoms with E-state index < -0.39 is 11.4 Å². The van der Waals surface area contributed by atoms with E-state index in [9.17, 15) is 19.8 Å². The van der Waals surface area contributed by atoms with Crippen molar-refractivity contribution < 1.29 is 19.8 Å². The maximum Gasteiger partial charge on any atom is 0.339 e. The van der Waals surface area contributed by atoms with E-state index in [2.05, 4.69) is 15.6 Å². The number of carbonyl (C=O) groups is 2. The van der Waals surface area contributed by atoms with Gasteiger partial charge in [0.25, 0.3) is 0 Å². The van der Waals surface area contributed by atoms with Crippen LogP contribution < -0.4 is 10.4 Å². The number of hydrazone groups is 2. The minimum absolute atomic E-state index is 0.180. The van der Waals surface area contributed by atoms with Gasteiger partial charge in [0.05, 0.1) is 17.1 Å². The first-order valence-corrected chi connectivity index (χ1v) is 11.5. The molecule has 0 bridgehead atoms. The highest BCUT2D eigenvalue weighted by Gasteiger charge is 2.39. The number of hydrogen-bond acceptors (Lipinski definition) is 6. The standard InChI is InChI=1S/C28H28N4O4/c1-16-12-13-20(14-17(16)2)32-26(34)23(25(31-32)28(3,4)5)30-29-19-9-6-8-18(15-19)21-10-7-11-22(24(21)33)27(35)36/h6-15,29,33H,1-5H3,(H,35,36). The van der Waals surface area contributed by atoms with Crippen molar-refractivity contribution in [2.75, 3.05) is 10.4 Å². The summed E-state index contributed by atoms with van der Waals surface area (Å²) in [6, 6.07) is 17.3. The summed E-state index contributed by atoms with van der Waals surface area (Å²) in [5.74, 6) is -1.86. The number of carboxylic acids is 1. The molecule has 8 heteroatoms. The average molecular weight is 485 g/mol. The number of para-hydroxylation sites is 1. The molecule has 0 fully saturated rings. The van der Waals surface area contributed by atoms with E-state index in [-0.39, 0.29) is 22.9 Å². The zero-order valence-electron chi connectivity index (χ0n) is 20.8. The summed E-state index contributed by atoms with van der Waals surface area (Å²) in [5.41, 5.74) is 7.48. The van der Waals surface area contributed by atoms with Crippen molar-refractivity contribution in [1.82, 2.24) is 0 Å². The minimum atomic E-state index is -1.21. The Labute approximate surface area is 209 Å². The molecule has 1 heterocycles. The number of nitrogens with one attached hydrogen (secondary N) is 1. The van der Waals surface area contributed by atoms with Crippen molar-refractivity contribution in [3.05, 3.63) is 77.4 Å². The summed E-state index contributed by atoms with van der Waals surface area (Å²) in [5, 5.41) is 30.2. The van der Waals surface area contributed by atoms with Gasteiger partial charge < -0.3 is 10.2 Å². The number of rotatable bonds is 5. The predicted molar refractivity (Wildman–Crippen MR) is 142 cm³/mol. The van der Waals surface area contributed by atoms with Crippen LogP contribution >= 0.6 is 0 Å². The number of hydrogen-bond donors (Lipinski definition) is 3. The lowest BCUT2D eigenvalue weighted by atomic mass is 9.87. The van der Waals surface area contributed by atoms with Crippen molar-refractivity contribution in [2.24, 2.45) is 15.6 Å². The van der Waals surface area contributed by atoms with Crippen LogP contribution in [0.5, 0.6) is 5.75 Å². The first kappa shape index (κ1) is 24.7. The molecule has 0 atom stereocenters. The smallest absolute Gasteiger partial charge is 0.339 e. The van der Waals surface area contributed by atoms with Gasteiger partial charge in [-0.15, -0.1) is 0 Å². The molecule has 1 amide bonds. The summed E-state index contributed by atoms with van der Waals surface area (Å²) in [4.78, 5) is 24.8. The Morgan fingerprint density at radius 2 is 1.72 bits per heavy atom. The van der Waals surface area contributed by atoms with Gasteiger partial charge in [-0.25, -0.2) is 4.79 Å². The van der Waals surface area contributed by atoms with Crippen LogP contribution in [0.15, 0.2) is 70.9 Å². The molecule has 0 radical (unpaired) electrons. The molecule has 0 aromatic heterocycles. The summed E-state index contributed by atoms with van der Waals surface area (Å²) in [7, 11) is 0. The third kappa shape index (κ3) is 4.70. The molecular formula is C28H28N4O4. The van der Waals surface area contributed by atoms with E-state index in [1.807, 2.05) is 52.8 Å². The Morgan fingerprint density at radius 3 is 2.39 bits per heavy atom. The fraction of sp³-hybridized carbons (Fsp3) is 0.214. The number of anilines is 2. The largest absolute Gasteiger partial charge is 0.506 e. The number of aromatic hydroxyl groups is 1. The lowest BCUT2D eigenvalue weighted by Gasteiger charge is -2.17. The molecule has 1 aliphatic heterocycles.